The van der Waals surface area contributed by atoms with E-state index in [1.165, 1.54) is 7.11 Å². The normalized spacial score (nSPS) is 15.1. The minimum Gasteiger partial charge on any atom is -0.375 e. The Morgan fingerprint density at radius 3 is 2.48 bits per heavy atom. The molecule has 2 amide bonds. The number of methoxy groups -OCH3 is 1. The quantitative estimate of drug-likeness (QED) is 0.789. The van der Waals surface area contributed by atoms with E-state index in [9.17, 15) is 9.59 Å². The van der Waals surface area contributed by atoms with Crippen LogP contribution >= 0.6 is 11.6 Å². The van der Waals surface area contributed by atoms with E-state index < -0.39 is 0 Å². The van der Waals surface area contributed by atoms with Crippen molar-refractivity contribution in [3.63, 3.8) is 0 Å². The van der Waals surface area contributed by atoms with Crippen molar-refractivity contribution < 1.29 is 14.3 Å². The second-order valence-electron chi connectivity index (χ2n) is 4.94. The smallest absolute Gasteiger partial charge is 0.253 e. The lowest BCUT2D eigenvalue weighted by Gasteiger charge is -2.34. The van der Waals surface area contributed by atoms with Gasteiger partial charge in [-0.2, -0.15) is 0 Å². The van der Waals surface area contributed by atoms with Gasteiger partial charge in [0.15, 0.2) is 0 Å². The molecule has 0 bridgehead atoms. The van der Waals surface area contributed by atoms with Crippen LogP contribution in [0.2, 0.25) is 0 Å². The first-order chi connectivity index (χ1) is 10.2. The van der Waals surface area contributed by atoms with Gasteiger partial charge in [-0.15, -0.1) is 11.6 Å². The van der Waals surface area contributed by atoms with Crippen LogP contribution in [0.25, 0.3) is 0 Å². The van der Waals surface area contributed by atoms with E-state index in [4.69, 9.17) is 16.3 Å². The molecular weight excluding hydrogens is 292 g/mol. The molecule has 5 nitrogen and oxygen atoms in total. The SMILES string of the molecule is COCC(=O)N1CCN(C(=O)c2cccc(CCl)c2)CC1. The standard InChI is InChI=1S/C15H19ClN2O3/c1-21-11-14(19)17-5-7-18(8-6-17)15(20)13-4-2-3-12(9-13)10-16/h2-4,9H,5-8,10-11H2,1H3. The fourth-order valence-corrected chi connectivity index (χ4v) is 2.51. The molecule has 6 heteroatoms. The third-order valence-electron chi connectivity index (χ3n) is 3.52. The number of alkyl halides is 1. The predicted molar refractivity (Wildman–Crippen MR) is 80.4 cm³/mol. The van der Waals surface area contributed by atoms with Crippen LogP contribution in [0, 0.1) is 0 Å². The molecule has 0 unspecified atom stereocenters. The van der Waals surface area contributed by atoms with Gasteiger partial charge in [-0.05, 0) is 17.7 Å². The van der Waals surface area contributed by atoms with E-state index in [0.29, 0.717) is 37.6 Å². The van der Waals surface area contributed by atoms with Gasteiger partial charge in [-0.25, -0.2) is 0 Å². The first kappa shape index (κ1) is 15.8. The Balaban J connectivity index is 1.95. The summed E-state index contributed by atoms with van der Waals surface area (Å²) in [4.78, 5) is 27.6. The summed E-state index contributed by atoms with van der Waals surface area (Å²) in [5, 5.41) is 0. The van der Waals surface area contributed by atoms with Crippen molar-refractivity contribution >= 4 is 23.4 Å². The number of nitrogens with zero attached hydrogens (tertiary/aromatic N) is 2. The highest BCUT2D eigenvalue weighted by atomic mass is 35.5. The fourth-order valence-electron chi connectivity index (χ4n) is 2.34. The minimum absolute atomic E-state index is 0.0131. The maximum absolute atomic E-state index is 12.4. The highest BCUT2D eigenvalue weighted by molar-refractivity contribution is 6.17. The molecular formula is C15H19ClN2O3. The average Bonchev–Trinajstić information content (AvgIpc) is 2.54. The zero-order valence-corrected chi connectivity index (χ0v) is 12.8. The van der Waals surface area contributed by atoms with E-state index in [2.05, 4.69) is 0 Å². The van der Waals surface area contributed by atoms with Crippen LogP contribution in [0.15, 0.2) is 24.3 Å². The number of benzene rings is 1. The molecule has 0 saturated carbocycles. The summed E-state index contributed by atoms with van der Waals surface area (Å²) in [7, 11) is 1.50. The molecule has 0 atom stereocenters. The monoisotopic (exact) mass is 310 g/mol. The molecule has 114 valence electrons. The van der Waals surface area contributed by atoms with Gasteiger partial charge in [0, 0.05) is 44.7 Å². The van der Waals surface area contributed by atoms with Crippen LogP contribution in [0.4, 0.5) is 0 Å². The molecule has 1 saturated heterocycles. The van der Waals surface area contributed by atoms with Crippen molar-refractivity contribution in [1.82, 2.24) is 9.80 Å². The summed E-state index contributed by atoms with van der Waals surface area (Å²) in [5.74, 6) is 0.343. The Kier molecular flexibility index (Phi) is 5.59. The molecule has 1 aromatic carbocycles. The number of rotatable bonds is 4. The molecule has 0 N–H and O–H groups in total. The molecule has 1 aromatic rings. The molecule has 21 heavy (non-hydrogen) atoms. The van der Waals surface area contributed by atoms with E-state index in [0.717, 1.165) is 5.56 Å². The number of hydrogen-bond donors (Lipinski definition) is 0. The van der Waals surface area contributed by atoms with Crippen LogP contribution in [0.3, 0.4) is 0 Å². The number of carbonyl (C=O) groups is 2. The van der Waals surface area contributed by atoms with Crippen LogP contribution in [-0.4, -0.2) is 61.5 Å². The van der Waals surface area contributed by atoms with Crippen molar-refractivity contribution in [2.75, 3.05) is 39.9 Å². The Hall–Kier alpha value is -1.59. The van der Waals surface area contributed by atoms with Gasteiger partial charge in [0.05, 0.1) is 0 Å². The van der Waals surface area contributed by atoms with Crippen molar-refractivity contribution in [2.45, 2.75) is 5.88 Å². The maximum Gasteiger partial charge on any atom is 0.253 e. The van der Waals surface area contributed by atoms with E-state index in [1.54, 1.807) is 15.9 Å². The van der Waals surface area contributed by atoms with Gasteiger partial charge in [-0.3, -0.25) is 9.59 Å². The van der Waals surface area contributed by atoms with Crippen LogP contribution < -0.4 is 0 Å². The van der Waals surface area contributed by atoms with Crippen LogP contribution in [0.1, 0.15) is 15.9 Å². The number of ether oxygens (including phenoxy) is 1. The van der Waals surface area contributed by atoms with Gasteiger partial charge in [0.2, 0.25) is 5.91 Å². The van der Waals surface area contributed by atoms with Crippen LogP contribution in [0.5, 0.6) is 0 Å². The number of hydrogen-bond acceptors (Lipinski definition) is 3. The largest absolute Gasteiger partial charge is 0.375 e. The molecule has 1 aliphatic heterocycles. The molecule has 1 heterocycles. The molecule has 0 spiro atoms. The van der Waals surface area contributed by atoms with E-state index >= 15 is 0 Å². The fraction of sp³-hybridized carbons (Fsp3) is 0.467. The molecule has 2 rings (SSSR count). The van der Waals surface area contributed by atoms with Gasteiger partial charge in [0.1, 0.15) is 6.61 Å². The zero-order valence-electron chi connectivity index (χ0n) is 12.0. The van der Waals surface area contributed by atoms with Gasteiger partial charge in [0.25, 0.3) is 5.91 Å². The first-order valence-electron chi connectivity index (χ1n) is 6.86. The Morgan fingerprint density at radius 2 is 1.86 bits per heavy atom. The van der Waals surface area contributed by atoms with Gasteiger partial charge < -0.3 is 14.5 Å². The zero-order chi connectivity index (χ0) is 15.2. The predicted octanol–water partition coefficient (Wildman–Crippen LogP) is 1.36. The van der Waals surface area contributed by atoms with Crippen molar-refractivity contribution in [3.8, 4) is 0 Å². The number of amides is 2. The lowest BCUT2D eigenvalue weighted by Crippen LogP contribution is -2.51. The molecule has 0 aromatic heterocycles. The van der Waals surface area contributed by atoms with E-state index in [1.807, 2.05) is 18.2 Å². The van der Waals surface area contributed by atoms with Gasteiger partial charge in [-0.1, -0.05) is 12.1 Å². The van der Waals surface area contributed by atoms with Crippen molar-refractivity contribution in [1.29, 1.82) is 0 Å². The number of carbonyl (C=O) groups excluding carboxylic acids is 2. The number of halogens is 1. The lowest BCUT2D eigenvalue weighted by atomic mass is 10.1. The van der Waals surface area contributed by atoms with Gasteiger partial charge >= 0.3 is 0 Å². The first-order valence-corrected chi connectivity index (χ1v) is 7.40. The second-order valence-corrected chi connectivity index (χ2v) is 5.21. The van der Waals surface area contributed by atoms with Crippen molar-refractivity contribution in [2.24, 2.45) is 0 Å². The summed E-state index contributed by atoms with van der Waals surface area (Å²) in [5.41, 5.74) is 1.57. The Labute approximate surface area is 129 Å². The Morgan fingerprint density at radius 1 is 1.19 bits per heavy atom. The molecule has 1 fully saturated rings. The molecule has 0 aliphatic carbocycles. The third kappa shape index (κ3) is 3.95. The second kappa shape index (κ2) is 7.43. The molecule has 0 radical (unpaired) electrons. The summed E-state index contributed by atoms with van der Waals surface area (Å²) in [6.07, 6.45) is 0. The summed E-state index contributed by atoms with van der Waals surface area (Å²) < 4.78 is 4.84. The summed E-state index contributed by atoms with van der Waals surface area (Å²) in [6.45, 7) is 2.26. The number of piperazine rings is 1. The highest BCUT2D eigenvalue weighted by Crippen LogP contribution is 2.12. The third-order valence-corrected chi connectivity index (χ3v) is 3.82. The minimum atomic E-state index is -0.0336. The summed E-state index contributed by atoms with van der Waals surface area (Å²) in [6, 6.07) is 7.34. The van der Waals surface area contributed by atoms with E-state index in [-0.39, 0.29) is 18.4 Å². The Bertz CT molecular complexity index is 513. The lowest BCUT2D eigenvalue weighted by molar-refractivity contribution is -0.136. The van der Waals surface area contributed by atoms with Crippen LogP contribution in [-0.2, 0) is 15.4 Å². The molecule has 1 aliphatic rings. The maximum atomic E-state index is 12.4. The highest BCUT2D eigenvalue weighted by Gasteiger charge is 2.24. The average molecular weight is 311 g/mol. The topological polar surface area (TPSA) is 49.9 Å². The summed E-state index contributed by atoms with van der Waals surface area (Å²) >= 11 is 5.79. The van der Waals surface area contributed by atoms with Crippen molar-refractivity contribution in [3.05, 3.63) is 35.4 Å².